The van der Waals surface area contributed by atoms with Crippen LogP contribution in [0.25, 0.3) is 50.2 Å². The van der Waals surface area contributed by atoms with E-state index in [0.717, 1.165) is 28.2 Å². The molecule has 0 saturated carbocycles. The molecule has 0 bridgehead atoms. The number of aryl methyl sites for hydroxylation is 3. The monoisotopic (exact) mass is 542 g/mol. The SMILES string of the molecule is Cc1ccccc1-c1ccccc1C.Cc1cn(-c2cc(-c3ccccc3)nc(-c3ccccc3)c2)c2ccccc12. The van der Waals surface area contributed by atoms with Crippen molar-refractivity contribution >= 4 is 10.9 Å². The van der Waals surface area contributed by atoms with Crippen LogP contribution in [0.3, 0.4) is 0 Å². The molecule has 2 heteroatoms. The standard InChI is InChI=1S/C26H20N2.C14H14/c1-19-18-28(26-15-9-8-14-23(19)26)22-16-24(20-10-4-2-5-11-20)27-25(17-22)21-12-6-3-7-13-21;1-11-7-3-5-9-13(11)14-10-6-4-8-12(14)2/h2-18H,1H3;3-10H,1-2H3. The molecule has 42 heavy (non-hydrogen) atoms. The van der Waals surface area contributed by atoms with E-state index in [1.165, 1.54) is 38.7 Å². The molecule has 2 heterocycles. The van der Waals surface area contributed by atoms with Crippen LogP contribution in [-0.4, -0.2) is 9.55 Å². The Kier molecular flexibility index (Phi) is 7.79. The largest absolute Gasteiger partial charge is 0.316 e. The highest BCUT2D eigenvalue weighted by Crippen LogP contribution is 2.30. The summed E-state index contributed by atoms with van der Waals surface area (Å²) in [7, 11) is 0. The lowest BCUT2D eigenvalue weighted by Gasteiger charge is -2.12. The number of pyridine rings is 1. The molecule has 0 saturated heterocycles. The van der Waals surface area contributed by atoms with Gasteiger partial charge in [0.15, 0.2) is 0 Å². The highest BCUT2D eigenvalue weighted by molar-refractivity contribution is 5.86. The fourth-order valence-electron chi connectivity index (χ4n) is 5.48. The number of hydrogen-bond donors (Lipinski definition) is 0. The molecule has 7 rings (SSSR count). The minimum Gasteiger partial charge on any atom is -0.316 e. The predicted octanol–water partition coefficient (Wildman–Crippen LogP) is 10.6. The molecule has 0 fully saturated rings. The molecular weight excluding hydrogens is 508 g/mol. The Morgan fingerprint density at radius 3 is 1.43 bits per heavy atom. The van der Waals surface area contributed by atoms with Crippen LogP contribution in [0.1, 0.15) is 16.7 Å². The van der Waals surface area contributed by atoms with Crippen molar-refractivity contribution < 1.29 is 0 Å². The number of fused-ring (bicyclic) bond motifs is 1. The Hall–Kier alpha value is -5.21. The molecule has 5 aromatic carbocycles. The summed E-state index contributed by atoms with van der Waals surface area (Å²) in [6, 6.07) is 50.6. The van der Waals surface area contributed by atoms with E-state index in [9.17, 15) is 0 Å². The first-order valence-electron chi connectivity index (χ1n) is 14.4. The van der Waals surface area contributed by atoms with E-state index in [1.54, 1.807) is 0 Å². The molecule has 0 atom stereocenters. The molecule has 0 aliphatic heterocycles. The summed E-state index contributed by atoms with van der Waals surface area (Å²) in [4.78, 5) is 4.97. The zero-order chi connectivity index (χ0) is 28.9. The maximum Gasteiger partial charge on any atom is 0.0730 e. The number of nitrogens with zero attached hydrogens (tertiary/aromatic N) is 2. The van der Waals surface area contributed by atoms with Crippen LogP contribution in [0, 0.1) is 20.8 Å². The quantitative estimate of drug-likeness (QED) is 0.216. The van der Waals surface area contributed by atoms with Crippen LogP contribution >= 0.6 is 0 Å². The van der Waals surface area contributed by atoms with E-state index in [2.05, 4.69) is 165 Å². The molecule has 0 spiro atoms. The summed E-state index contributed by atoms with van der Waals surface area (Å²) in [6.07, 6.45) is 2.21. The Morgan fingerprint density at radius 2 is 0.905 bits per heavy atom. The lowest BCUT2D eigenvalue weighted by molar-refractivity contribution is 1.11. The predicted molar refractivity (Wildman–Crippen MR) is 178 cm³/mol. The second kappa shape index (κ2) is 12.1. The van der Waals surface area contributed by atoms with Crippen molar-refractivity contribution in [3.05, 3.63) is 168 Å². The van der Waals surface area contributed by atoms with Crippen LogP contribution in [0.4, 0.5) is 0 Å². The van der Waals surface area contributed by atoms with Gasteiger partial charge in [-0.1, -0.05) is 127 Å². The van der Waals surface area contributed by atoms with Gasteiger partial charge < -0.3 is 4.57 Å². The van der Waals surface area contributed by atoms with E-state index in [1.807, 2.05) is 12.1 Å². The van der Waals surface area contributed by atoms with E-state index < -0.39 is 0 Å². The molecule has 0 amide bonds. The molecule has 0 aliphatic rings. The van der Waals surface area contributed by atoms with Crippen molar-refractivity contribution in [3.63, 3.8) is 0 Å². The third-order valence-corrected chi connectivity index (χ3v) is 7.72. The van der Waals surface area contributed by atoms with E-state index >= 15 is 0 Å². The molecular formula is C40H34N2. The summed E-state index contributed by atoms with van der Waals surface area (Å²) in [5, 5.41) is 1.28. The second-order valence-corrected chi connectivity index (χ2v) is 10.7. The summed E-state index contributed by atoms with van der Waals surface area (Å²) in [5.41, 5.74) is 13.2. The second-order valence-electron chi connectivity index (χ2n) is 10.7. The number of rotatable bonds is 4. The van der Waals surface area contributed by atoms with Crippen LogP contribution < -0.4 is 0 Å². The molecule has 0 radical (unpaired) electrons. The smallest absolute Gasteiger partial charge is 0.0730 e. The summed E-state index contributed by atoms with van der Waals surface area (Å²) in [5.74, 6) is 0. The zero-order valence-electron chi connectivity index (χ0n) is 24.3. The molecule has 2 aromatic heterocycles. The Bertz CT molecular complexity index is 1850. The molecule has 0 N–H and O–H groups in total. The maximum absolute atomic E-state index is 4.97. The van der Waals surface area contributed by atoms with Crippen molar-refractivity contribution in [1.29, 1.82) is 0 Å². The number of para-hydroxylation sites is 1. The summed E-state index contributed by atoms with van der Waals surface area (Å²) >= 11 is 0. The normalized spacial score (nSPS) is 10.7. The van der Waals surface area contributed by atoms with Crippen LogP contribution in [0.15, 0.2) is 152 Å². The fraction of sp³-hybridized carbons (Fsp3) is 0.0750. The van der Waals surface area contributed by atoms with Gasteiger partial charge in [-0.25, -0.2) is 4.98 Å². The lowest BCUT2D eigenvalue weighted by Crippen LogP contribution is -1.97. The molecule has 0 unspecified atom stereocenters. The minimum atomic E-state index is 0.979. The third-order valence-electron chi connectivity index (χ3n) is 7.72. The first-order chi connectivity index (χ1) is 20.6. The molecule has 7 aromatic rings. The van der Waals surface area contributed by atoms with Gasteiger partial charge in [0.05, 0.1) is 16.9 Å². The van der Waals surface area contributed by atoms with E-state index in [0.29, 0.717) is 0 Å². The molecule has 204 valence electrons. The van der Waals surface area contributed by atoms with Gasteiger partial charge in [-0.05, 0) is 66.8 Å². The molecule has 2 nitrogen and oxygen atoms in total. The van der Waals surface area contributed by atoms with Crippen molar-refractivity contribution in [2.75, 3.05) is 0 Å². The van der Waals surface area contributed by atoms with Crippen molar-refractivity contribution in [2.24, 2.45) is 0 Å². The Balaban J connectivity index is 0.000000189. The Morgan fingerprint density at radius 1 is 0.452 bits per heavy atom. The van der Waals surface area contributed by atoms with Gasteiger partial charge in [0.2, 0.25) is 0 Å². The highest BCUT2D eigenvalue weighted by atomic mass is 15.0. The minimum absolute atomic E-state index is 0.979. The first kappa shape index (κ1) is 27.0. The fourth-order valence-corrected chi connectivity index (χ4v) is 5.48. The molecule has 0 aliphatic carbocycles. The van der Waals surface area contributed by atoms with E-state index in [4.69, 9.17) is 4.98 Å². The number of benzene rings is 5. The van der Waals surface area contributed by atoms with Crippen molar-refractivity contribution in [3.8, 4) is 39.3 Å². The van der Waals surface area contributed by atoms with Crippen molar-refractivity contribution in [2.45, 2.75) is 20.8 Å². The average Bonchev–Trinajstić information content (AvgIpc) is 3.39. The number of aromatic nitrogens is 2. The van der Waals surface area contributed by atoms with Gasteiger partial charge in [-0.3, -0.25) is 0 Å². The number of hydrogen-bond acceptors (Lipinski definition) is 1. The van der Waals surface area contributed by atoms with E-state index in [-0.39, 0.29) is 0 Å². The Labute approximate surface area is 248 Å². The summed E-state index contributed by atoms with van der Waals surface area (Å²) in [6.45, 7) is 6.47. The average molecular weight is 543 g/mol. The zero-order valence-corrected chi connectivity index (χ0v) is 24.3. The van der Waals surface area contributed by atoms with Crippen molar-refractivity contribution in [1.82, 2.24) is 9.55 Å². The van der Waals surface area contributed by atoms with Crippen LogP contribution in [0.5, 0.6) is 0 Å². The van der Waals surface area contributed by atoms with Gasteiger partial charge in [0.25, 0.3) is 0 Å². The maximum atomic E-state index is 4.97. The van der Waals surface area contributed by atoms with Gasteiger partial charge in [0.1, 0.15) is 0 Å². The lowest BCUT2D eigenvalue weighted by atomic mass is 9.97. The topological polar surface area (TPSA) is 17.8 Å². The third kappa shape index (κ3) is 5.66. The van der Waals surface area contributed by atoms with Crippen LogP contribution in [-0.2, 0) is 0 Å². The summed E-state index contributed by atoms with van der Waals surface area (Å²) < 4.78 is 2.27. The van der Waals surface area contributed by atoms with Crippen LogP contribution in [0.2, 0.25) is 0 Å². The first-order valence-corrected chi connectivity index (χ1v) is 14.4. The van der Waals surface area contributed by atoms with Gasteiger partial charge >= 0.3 is 0 Å². The van der Waals surface area contributed by atoms with Gasteiger partial charge in [-0.15, -0.1) is 0 Å². The highest BCUT2D eigenvalue weighted by Gasteiger charge is 2.12. The van der Waals surface area contributed by atoms with Gasteiger partial charge in [-0.2, -0.15) is 0 Å². The van der Waals surface area contributed by atoms with Gasteiger partial charge in [0, 0.05) is 28.4 Å².